The maximum atomic E-state index is 16.5. The highest BCUT2D eigenvalue weighted by Gasteiger charge is 2.60. The van der Waals surface area contributed by atoms with Crippen molar-refractivity contribution in [1.29, 1.82) is 0 Å². The van der Waals surface area contributed by atoms with E-state index in [9.17, 15) is 0 Å². The van der Waals surface area contributed by atoms with Crippen molar-refractivity contribution in [3.05, 3.63) is 118 Å². The number of halogens is 2. The Bertz CT molecular complexity index is 2320. The molecular formula is C45H41F2NO5. The Morgan fingerprint density at radius 2 is 1.47 bits per heavy atom. The first-order valence-electron chi connectivity index (χ1n) is 18.6. The summed E-state index contributed by atoms with van der Waals surface area (Å²) < 4.78 is 62.3. The Labute approximate surface area is 307 Å². The first-order valence-corrected chi connectivity index (χ1v) is 18.6. The summed E-state index contributed by atoms with van der Waals surface area (Å²) in [7, 11) is 4.89. The number of anilines is 1. The molecule has 0 aromatic heterocycles. The van der Waals surface area contributed by atoms with E-state index in [0.29, 0.717) is 47.5 Å². The van der Waals surface area contributed by atoms with Crippen molar-refractivity contribution in [2.45, 2.75) is 36.7 Å². The van der Waals surface area contributed by atoms with Crippen LogP contribution in [-0.2, 0) is 15.8 Å². The van der Waals surface area contributed by atoms with Gasteiger partial charge in [-0.2, -0.15) is 0 Å². The summed E-state index contributed by atoms with van der Waals surface area (Å²) in [6.07, 6.45) is 8.33. The molecule has 5 aliphatic rings. The van der Waals surface area contributed by atoms with Gasteiger partial charge in [0, 0.05) is 57.9 Å². The standard InChI is InChI=1S/C45H41F2NO5/c1-49-32-12-8-28(9-13-32)45(27-6-10-31(11-7-27)48-16-18-52-19-17-48)15-14-33-42-40(34-23-38(50-2)39(51-3)24-35(34)43(33)53-45)36-21-30(46)22-37(47)41(36)44(42)25-26-4-5-29(44)20-26/h6-15,21-24,26,29H,4-5,16-20,25H2,1-3H3. The normalized spacial score (nSPS) is 25.0. The molecule has 3 fully saturated rings. The molecular weight excluding hydrogens is 672 g/mol. The van der Waals surface area contributed by atoms with Gasteiger partial charge in [-0.3, -0.25) is 0 Å². The molecule has 5 aromatic carbocycles. The molecule has 5 aromatic rings. The van der Waals surface area contributed by atoms with Crippen molar-refractivity contribution >= 4 is 22.5 Å². The van der Waals surface area contributed by atoms with Crippen LogP contribution >= 0.6 is 0 Å². The maximum absolute atomic E-state index is 16.5. The predicted molar refractivity (Wildman–Crippen MR) is 202 cm³/mol. The summed E-state index contributed by atoms with van der Waals surface area (Å²) in [6.45, 7) is 3.09. The van der Waals surface area contributed by atoms with Gasteiger partial charge in [0.15, 0.2) is 17.1 Å². The third-order valence-electron chi connectivity index (χ3n) is 12.8. The molecule has 1 spiro atoms. The van der Waals surface area contributed by atoms with Crippen LogP contribution in [0.25, 0.3) is 28.0 Å². The molecule has 0 radical (unpaired) electrons. The molecule has 2 saturated carbocycles. The van der Waals surface area contributed by atoms with Gasteiger partial charge in [0.1, 0.15) is 23.1 Å². The Kier molecular flexibility index (Phi) is 7.35. The van der Waals surface area contributed by atoms with Crippen LogP contribution < -0.4 is 23.8 Å². The van der Waals surface area contributed by atoms with Gasteiger partial charge in [-0.1, -0.05) is 36.8 Å². The van der Waals surface area contributed by atoms with E-state index in [2.05, 4.69) is 53.5 Å². The monoisotopic (exact) mass is 713 g/mol. The number of hydrogen-bond acceptors (Lipinski definition) is 6. The van der Waals surface area contributed by atoms with E-state index in [4.69, 9.17) is 23.7 Å². The molecule has 10 rings (SSSR count). The molecule has 3 aliphatic carbocycles. The van der Waals surface area contributed by atoms with E-state index in [1.54, 1.807) is 21.3 Å². The minimum Gasteiger partial charge on any atom is -0.497 e. The van der Waals surface area contributed by atoms with E-state index in [-0.39, 0.29) is 5.92 Å². The van der Waals surface area contributed by atoms with Crippen molar-refractivity contribution in [2.24, 2.45) is 11.8 Å². The Morgan fingerprint density at radius 3 is 2.11 bits per heavy atom. The van der Waals surface area contributed by atoms with Crippen molar-refractivity contribution in [2.75, 3.05) is 52.5 Å². The lowest BCUT2D eigenvalue weighted by atomic mass is 9.65. The number of hydrogen-bond donors (Lipinski definition) is 0. The van der Waals surface area contributed by atoms with Crippen LogP contribution in [0.4, 0.5) is 14.5 Å². The molecule has 2 heterocycles. The highest BCUT2D eigenvalue weighted by atomic mass is 19.1. The molecule has 2 aliphatic heterocycles. The van der Waals surface area contributed by atoms with E-state index in [1.807, 2.05) is 24.3 Å². The van der Waals surface area contributed by atoms with Gasteiger partial charge in [0.05, 0.1) is 34.5 Å². The van der Waals surface area contributed by atoms with Crippen LogP contribution in [0.3, 0.4) is 0 Å². The Balaban J connectivity index is 1.26. The third kappa shape index (κ3) is 4.57. The first-order chi connectivity index (χ1) is 25.9. The summed E-state index contributed by atoms with van der Waals surface area (Å²) in [6, 6.07) is 23.1. The molecule has 270 valence electrons. The molecule has 6 nitrogen and oxygen atoms in total. The zero-order valence-electron chi connectivity index (χ0n) is 30.1. The third-order valence-corrected chi connectivity index (χ3v) is 12.8. The van der Waals surface area contributed by atoms with Crippen molar-refractivity contribution in [3.63, 3.8) is 0 Å². The van der Waals surface area contributed by atoms with Crippen molar-refractivity contribution in [1.82, 2.24) is 0 Å². The lowest BCUT2D eigenvalue weighted by Gasteiger charge is -2.41. The van der Waals surface area contributed by atoms with Gasteiger partial charge in [0.2, 0.25) is 0 Å². The molecule has 53 heavy (non-hydrogen) atoms. The molecule has 4 atom stereocenters. The molecule has 8 heteroatoms. The Morgan fingerprint density at radius 1 is 0.774 bits per heavy atom. The fraction of sp³-hybridized carbons (Fsp3) is 0.333. The summed E-state index contributed by atoms with van der Waals surface area (Å²) in [5, 5.41) is 1.61. The van der Waals surface area contributed by atoms with E-state index < -0.39 is 22.7 Å². The first kappa shape index (κ1) is 32.6. The molecule has 0 N–H and O–H groups in total. The lowest BCUT2D eigenvalue weighted by Crippen LogP contribution is -2.37. The fourth-order valence-electron chi connectivity index (χ4n) is 10.6. The van der Waals surface area contributed by atoms with Crippen molar-refractivity contribution < 1.29 is 32.5 Å². The van der Waals surface area contributed by atoms with Crippen LogP contribution in [0.15, 0.2) is 78.9 Å². The minimum atomic E-state index is -1.03. The lowest BCUT2D eigenvalue weighted by molar-refractivity contribution is 0.122. The van der Waals surface area contributed by atoms with E-state index in [1.165, 1.54) is 6.07 Å². The van der Waals surface area contributed by atoms with Gasteiger partial charge < -0.3 is 28.6 Å². The number of nitrogens with zero attached hydrogens (tertiary/aromatic N) is 1. The van der Waals surface area contributed by atoms with Crippen LogP contribution in [0.2, 0.25) is 0 Å². The molecule has 2 bridgehead atoms. The highest BCUT2D eigenvalue weighted by Crippen LogP contribution is 2.69. The maximum Gasteiger partial charge on any atom is 0.178 e. The fourth-order valence-corrected chi connectivity index (χ4v) is 10.6. The van der Waals surface area contributed by atoms with Crippen LogP contribution in [0.1, 0.15) is 53.5 Å². The number of fused-ring (bicyclic) bond motifs is 13. The second-order valence-electron chi connectivity index (χ2n) is 15.2. The number of ether oxygens (including phenoxy) is 5. The number of morpholine rings is 1. The SMILES string of the molecule is COc1ccc(C2(c3ccc(N4CCOCC4)cc3)C=Cc3c4c(c5cc(OC)c(OC)cc5c3O2)-c2cc(F)cc(F)c2C42CC3CCC2C3)cc1. The van der Waals surface area contributed by atoms with Crippen LogP contribution in [0, 0.1) is 23.5 Å². The van der Waals surface area contributed by atoms with Crippen LogP contribution in [0.5, 0.6) is 23.0 Å². The second kappa shape index (κ2) is 12.0. The molecule has 4 unspecified atom stereocenters. The van der Waals surface area contributed by atoms with Gasteiger partial charge >= 0.3 is 0 Å². The quantitative estimate of drug-likeness (QED) is 0.175. The summed E-state index contributed by atoms with van der Waals surface area (Å²) >= 11 is 0. The number of rotatable bonds is 6. The zero-order chi connectivity index (χ0) is 36.1. The smallest absolute Gasteiger partial charge is 0.178 e. The summed E-state index contributed by atoms with van der Waals surface area (Å²) in [5.74, 6) is 2.19. The number of benzene rings is 5. The highest BCUT2D eigenvalue weighted by molar-refractivity contribution is 6.10. The second-order valence-corrected chi connectivity index (χ2v) is 15.2. The van der Waals surface area contributed by atoms with Gasteiger partial charge in [-0.05, 0) is 102 Å². The van der Waals surface area contributed by atoms with Crippen LogP contribution in [-0.4, -0.2) is 47.6 Å². The largest absolute Gasteiger partial charge is 0.497 e. The molecule has 0 amide bonds. The minimum absolute atomic E-state index is 0.239. The van der Waals surface area contributed by atoms with E-state index in [0.717, 1.165) is 94.9 Å². The average Bonchev–Trinajstić information content (AvgIpc) is 3.90. The van der Waals surface area contributed by atoms with Gasteiger partial charge in [-0.25, -0.2) is 8.78 Å². The zero-order valence-corrected chi connectivity index (χ0v) is 30.1. The predicted octanol–water partition coefficient (Wildman–Crippen LogP) is 9.42. The van der Waals surface area contributed by atoms with Crippen molar-refractivity contribution in [3.8, 4) is 34.1 Å². The topological polar surface area (TPSA) is 49.4 Å². The van der Waals surface area contributed by atoms with Gasteiger partial charge in [0.25, 0.3) is 0 Å². The summed E-state index contributed by atoms with van der Waals surface area (Å²) in [5.41, 5.74) is 5.48. The molecule has 1 saturated heterocycles. The Hall–Kier alpha value is -5.08. The van der Waals surface area contributed by atoms with Gasteiger partial charge in [-0.15, -0.1) is 0 Å². The average molecular weight is 714 g/mol. The summed E-state index contributed by atoms with van der Waals surface area (Å²) in [4.78, 5) is 2.34. The van der Waals surface area contributed by atoms with E-state index >= 15 is 8.78 Å². The number of methoxy groups -OCH3 is 3.